The minimum absolute atomic E-state index is 0.549. The van der Waals surface area contributed by atoms with Crippen molar-refractivity contribution in [1.82, 2.24) is 0 Å². The Hall–Kier alpha value is 0.423. The normalized spacial score (nSPS) is 18.7. The van der Waals surface area contributed by atoms with Crippen molar-refractivity contribution in [2.45, 2.75) is 0 Å². The zero-order valence-corrected chi connectivity index (χ0v) is 11.6. The van der Waals surface area contributed by atoms with Crippen molar-refractivity contribution in [3.63, 3.8) is 0 Å². The summed E-state index contributed by atoms with van der Waals surface area (Å²) in [7, 11) is 9.87. The van der Waals surface area contributed by atoms with Gasteiger partial charge in [-0.25, -0.2) is 0 Å². The quantitative estimate of drug-likeness (QED) is 0.722. The Morgan fingerprint density at radius 2 is 1.07 bits per heavy atom. The molecule has 0 amide bonds. The first-order valence-electron chi connectivity index (χ1n) is 4.38. The van der Waals surface area contributed by atoms with Crippen LogP contribution in [0.2, 0.25) is 0 Å². The van der Waals surface area contributed by atoms with Crippen LogP contribution in [0.5, 0.6) is 0 Å². The summed E-state index contributed by atoms with van der Waals surface area (Å²) in [6.07, 6.45) is 19.6. The van der Waals surface area contributed by atoms with Crippen LogP contribution in [0.15, 0.2) is 48.6 Å². The van der Waals surface area contributed by atoms with Gasteiger partial charge >= 0.3 is 37.9 Å². The summed E-state index contributed by atoms with van der Waals surface area (Å²) in [5.41, 5.74) is 0. The van der Waals surface area contributed by atoms with E-state index in [1.165, 1.54) is 0 Å². The standard InChI is InChI=1S/C11H11.2ClH.Zr/c1-2-6-10(5-1)9-11-7-3-4-8-11;;;/h1-11H;2*1H;/q;;;+2/p-2. The number of hydrogen-bond donors (Lipinski definition) is 0. The SMILES string of the molecule is [CH](C1C=CC=C1)C1C=CC=C1.[Cl][Zr][Cl]. The summed E-state index contributed by atoms with van der Waals surface area (Å²) >= 11 is -0.826. The van der Waals surface area contributed by atoms with Crippen LogP contribution in [0.3, 0.4) is 0 Å². The number of allylic oxidation sites excluding steroid dienone is 8. The predicted molar refractivity (Wildman–Crippen MR) is 59.5 cm³/mol. The molecule has 0 bridgehead atoms. The van der Waals surface area contributed by atoms with Gasteiger partial charge in [-0.3, -0.25) is 0 Å². The van der Waals surface area contributed by atoms with Crippen molar-refractivity contribution in [2.75, 3.05) is 0 Å². The molecule has 0 fully saturated rings. The van der Waals surface area contributed by atoms with Crippen LogP contribution in [0.1, 0.15) is 0 Å². The van der Waals surface area contributed by atoms with E-state index >= 15 is 0 Å². The van der Waals surface area contributed by atoms with E-state index in [9.17, 15) is 0 Å². The number of rotatable bonds is 2. The van der Waals surface area contributed by atoms with Crippen molar-refractivity contribution in [3.05, 3.63) is 55.0 Å². The van der Waals surface area contributed by atoms with E-state index < -0.39 is 20.8 Å². The molecule has 0 aromatic rings. The third-order valence-electron chi connectivity index (χ3n) is 2.00. The fourth-order valence-electron chi connectivity index (χ4n) is 1.41. The van der Waals surface area contributed by atoms with Crippen LogP contribution < -0.4 is 0 Å². The molecule has 0 atom stereocenters. The second-order valence-corrected chi connectivity index (χ2v) is 6.69. The maximum atomic E-state index is 4.93. The average molecular weight is 305 g/mol. The summed E-state index contributed by atoms with van der Waals surface area (Å²) in [5.74, 6) is 1.10. The third-order valence-corrected chi connectivity index (χ3v) is 2.00. The van der Waals surface area contributed by atoms with Gasteiger partial charge in [0.25, 0.3) is 0 Å². The Labute approximate surface area is 104 Å². The van der Waals surface area contributed by atoms with Crippen LogP contribution in [0, 0.1) is 18.3 Å². The van der Waals surface area contributed by atoms with Crippen molar-refractivity contribution in [2.24, 2.45) is 11.8 Å². The van der Waals surface area contributed by atoms with Gasteiger partial charge in [0.1, 0.15) is 0 Å². The van der Waals surface area contributed by atoms with E-state index in [0.717, 1.165) is 0 Å². The fourth-order valence-corrected chi connectivity index (χ4v) is 1.41. The van der Waals surface area contributed by atoms with Crippen molar-refractivity contribution >= 4 is 17.0 Å². The predicted octanol–water partition coefficient (Wildman–Crippen LogP) is 4.05. The molecular weight excluding hydrogens is 294 g/mol. The average Bonchev–Trinajstić information content (AvgIpc) is 2.79. The van der Waals surface area contributed by atoms with Gasteiger partial charge in [-0.05, 0) is 18.3 Å². The topological polar surface area (TPSA) is 0 Å². The molecule has 0 nitrogen and oxygen atoms in total. The van der Waals surface area contributed by atoms with Crippen LogP contribution >= 0.6 is 17.0 Å². The molecule has 0 saturated carbocycles. The van der Waals surface area contributed by atoms with Crippen LogP contribution in [-0.2, 0) is 20.8 Å². The molecular formula is C11H11Cl2Zr. The molecule has 0 spiro atoms. The summed E-state index contributed by atoms with van der Waals surface area (Å²) < 4.78 is 0. The van der Waals surface area contributed by atoms with Crippen LogP contribution in [0.4, 0.5) is 0 Å². The summed E-state index contributed by atoms with van der Waals surface area (Å²) in [6, 6.07) is 0. The Morgan fingerprint density at radius 3 is 1.36 bits per heavy atom. The Bertz CT molecular complexity index is 216. The minimum atomic E-state index is -0.826. The molecule has 14 heavy (non-hydrogen) atoms. The molecule has 3 heteroatoms. The molecule has 0 saturated heterocycles. The first kappa shape index (κ1) is 12.5. The molecule has 2 aliphatic rings. The fraction of sp³-hybridized carbons (Fsp3) is 0.182. The molecule has 0 aromatic carbocycles. The first-order valence-corrected chi connectivity index (χ1v) is 10.7. The van der Waals surface area contributed by atoms with Crippen molar-refractivity contribution in [1.29, 1.82) is 0 Å². The monoisotopic (exact) mass is 303 g/mol. The first-order chi connectivity index (χ1) is 6.86. The third kappa shape index (κ3) is 4.78. The van der Waals surface area contributed by atoms with Crippen LogP contribution in [-0.4, -0.2) is 0 Å². The van der Waals surface area contributed by atoms with Gasteiger partial charge in [-0.1, -0.05) is 48.6 Å². The number of halogens is 2. The molecule has 0 N–H and O–H groups in total. The molecule has 1 radical (unpaired) electrons. The van der Waals surface area contributed by atoms with Gasteiger partial charge in [-0.2, -0.15) is 0 Å². The van der Waals surface area contributed by atoms with Crippen molar-refractivity contribution < 1.29 is 20.8 Å². The van der Waals surface area contributed by atoms with Gasteiger partial charge in [0, 0.05) is 0 Å². The number of hydrogen-bond acceptors (Lipinski definition) is 0. The molecule has 2 rings (SSSR count). The zero-order valence-electron chi connectivity index (χ0n) is 7.61. The molecule has 0 unspecified atom stereocenters. The van der Waals surface area contributed by atoms with E-state index in [4.69, 9.17) is 17.0 Å². The van der Waals surface area contributed by atoms with Crippen LogP contribution in [0.25, 0.3) is 0 Å². The molecule has 2 aliphatic carbocycles. The van der Waals surface area contributed by atoms with Gasteiger partial charge < -0.3 is 0 Å². The van der Waals surface area contributed by atoms with Gasteiger partial charge in [0.05, 0.1) is 0 Å². The molecule has 0 heterocycles. The molecule has 0 aromatic heterocycles. The summed E-state index contributed by atoms with van der Waals surface area (Å²) in [5, 5.41) is 0. The van der Waals surface area contributed by atoms with E-state index in [2.05, 4.69) is 55.0 Å². The Kier molecular flexibility index (Phi) is 6.85. The summed E-state index contributed by atoms with van der Waals surface area (Å²) in [4.78, 5) is 0. The second-order valence-electron chi connectivity index (χ2n) is 2.96. The molecule has 73 valence electrons. The van der Waals surface area contributed by atoms with Crippen molar-refractivity contribution in [3.8, 4) is 0 Å². The van der Waals surface area contributed by atoms with E-state index in [1.807, 2.05) is 0 Å². The maximum absolute atomic E-state index is 4.93. The van der Waals surface area contributed by atoms with E-state index in [-0.39, 0.29) is 0 Å². The second kappa shape index (κ2) is 7.68. The van der Waals surface area contributed by atoms with E-state index in [1.54, 1.807) is 0 Å². The van der Waals surface area contributed by atoms with Gasteiger partial charge in [-0.15, -0.1) is 0 Å². The Balaban J connectivity index is 0.000000293. The Morgan fingerprint density at radius 1 is 0.786 bits per heavy atom. The summed E-state index contributed by atoms with van der Waals surface area (Å²) in [6.45, 7) is 0. The zero-order chi connectivity index (χ0) is 10.2. The van der Waals surface area contributed by atoms with Gasteiger partial charge in [0.2, 0.25) is 0 Å². The molecule has 0 aliphatic heterocycles. The van der Waals surface area contributed by atoms with E-state index in [0.29, 0.717) is 11.8 Å². The van der Waals surface area contributed by atoms with Gasteiger partial charge in [0.15, 0.2) is 0 Å².